The third-order valence-corrected chi connectivity index (χ3v) is 3.83. The third kappa shape index (κ3) is 3.59. The van der Waals surface area contributed by atoms with E-state index in [1.807, 2.05) is 13.8 Å². The van der Waals surface area contributed by atoms with Gasteiger partial charge in [-0.05, 0) is 38.5 Å². The first-order chi connectivity index (χ1) is 8.54. The highest BCUT2D eigenvalue weighted by Crippen LogP contribution is 2.21. The first kappa shape index (κ1) is 14.7. The lowest BCUT2D eigenvalue weighted by atomic mass is 9.91. The molecule has 0 radical (unpaired) electrons. The van der Waals surface area contributed by atoms with E-state index in [9.17, 15) is 9.59 Å². The highest BCUT2D eigenvalue weighted by Gasteiger charge is 2.34. The molecule has 2 amide bonds. The third-order valence-electron chi connectivity index (χ3n) is 3.83. The van der Waals surface area contributed by atoms with E-state index < -0.39 is 11.4 Å². The van der Waals surface area contributed by atoms with Gasteiger partial charge in [0.2, 0.25) is 11.8 Å². The van der Waals surface area contributed by atoms with Crippen molar-refractivity contribution in [1.29, 1.82) is 0 Å². The van der Waals surface area contributed by atoms with E-state index in [2.05, 4.69) is 11.4 Å². The molecule has 1 aliphatic carbocycles. The van der Waals surface area contributed by atoms with Crippen LogP contribution in [0.3, 0.4) is 0 Å². The minimum absolute atomic E-state index is 0.0920. The molecule has 4 heteroatoms. The largest absolute Gasteiger partial charge is 0.368 e. The Hall–Kier alpha value is -1.32. The van der Waals surface area contributed by atoms with Gasteiger partial charge in [0.25, 0.3) is 0 Å². The fourth-order valence-electron chi connectivity index (χ4n) is 2.42. The van der Waals surface area contributed by atoms with Crippen LogP contribution in [0.2, 0.25) is 0 Å². The predicted octanol–water partition coefficient (Wildman–Crippen LogP) is 2.04. The fourth-order valence-corrected chi connectivity index (χ4v) is 2.42. The van der Waals surface area contributed by atoms with Gasteiger partial charge >= 0.3 is 0 Å². The number of carbonyl (C=O) groups excluding carboxylic acids is 2. The molecule has 1 rings (SSSR count). The monoisotopic (exact) mass is 252 g/mol. The van der Waals surface area contributed by atoms with Gasteiger partial charge in [0.1, 0.15) is 5.54 Å². The fraction of sp³-hybridized carbons (Fsp3) is 0.714. The SMILES string of the molecule is CCC(CC)(NC(=O)CC1=CCCCC1)C(N)=O. The number of nitrogens with two attached hydrogens (primary N) is 1. The van der Waals surface area contributed by atoms with Crippen LogP contribution in [0.4, 0.5) is 0 Å². The Kier molecular flexibility index (Phi) is 5.38. The first-order valence-corrected chi connectivity index (χ1v) is 6.83. The average molecular weight is 252 g/mol. The lowest BCUT2D eigenvalue weighted by Gasteiger charge is -2.29. The van der Waals surface area contributed by atoms with E-state index in [-0.39, 0.29) is 5.91 Å². The smallest absolute Gasteiger partial charge is 0.243 e. The summed E-state index contributed by atoms with van der Waals surface area (Å²) in [6.45, 7) is 3.74. The summed E-state index contributed by atoms with van der Waals surface area (Å²) in [6.07, 6.45) is 8.03. The minimum atomic E-state index is -0.883. The average Bonchev–Trinajstić information content (AvgIpc) is 2.37. The van der Waals surface area contributed by atoms with Gasteiger partial charge in [-0.25, -0.2) is 0 Å². The zero-order chi connectivity index (χ0) is 13.6. The van der Waals surface area contributed by atoms with Crippen LogP contribution in [0.15, 0.2) is 11.6 Å². The Morgan fingerprint density at radius 1 is 1.33 bits per heavy atom. The quantitative estimate of drug-likeness (QED) is 0.710. The number of nitrogens with one attached hydrogen (secondary N) is 1. The van der Waals surface area contributed by atoms with Crippen molar-refractivity contribution < 1.29 is 9.59 Å². The second-order valence-corrected chi connectivity index (χ2v) is 4.99. The van der Waals surface area contributed by atoms with Crippen LogP contribution in [0, 0.1) is 0 Å². The van der Waals surface area contributed by atoms with Crippen LogP contribution >= 0.6 is 0 Å². The van der Waals surface area contributed by atoms with Crippen molar-refractivity contribution >= 4 is 11.8 Å². The molecule has 0 aliphatic heterocycles. The summed E-state index contributed by atoms with van der Waals surface area (Å²) in [6, 6.07) is 0. The van der Waals surface area contributed by atoms with Crippen LogP contribution in [-0.2, 0) is 9.59 Å². The molecule has 0 atom stereocenters. The van der Waals surface area contributed by atoms with Crippen molar-refractivity contribution in [2.75, 3.05) is 0 Å². The Balaban J connectivity index is 2.61. The van der Waals surface area contributed by atoms with Crippen molar-refractivity contribution in [2.45, 2.75) is 64.3 Å². The van der Waals surface area contributed by atoms with Gasteiger partial charge in [0, 0.05) is 6.42 Å². The molecule has 0 heterocycles. The Labute approximate surface area is 109 Å². The van der Waals surface area contributed by atoms with E-state index >= 15 is 0 Å². The summed E-state index contributed by atoms with van der Waals surface area (Å²) in [7, 11) is 0. The summed E-state index contributed by atoms with van der Waals surface area (Å²) >= 11 is 0. The predicted molar refractivity (Wildman–Crippen MR) is 71.8 cm³/mol. The van der Waals surface area contributed by atoms with E-state index in [0.717, 1.165) is 19.3 Å². The van der Waals surface area contributed by atoms with Crippen LogP contribution in [0.5, 0.6) is 0 Å². The molecule has 0 fully saturated rings. The van der Waals surface area contributed by atoms with E-state index in [1.165, 1.54) is 12.0 Å². The maximum Gasteiger partial charge on any atom is 0.243 e. The van der Waals surface area contributed by atoms with Crippen molar-refractivity contribution in [2.24, 2.45) is 5.73 Å². The Morgan fingerprint density at radius 2 is 2.00 bits per heavy atom. The second kappa shape index (κ2) is 6.57. The summed E-state index contributed by atoms with van der Waals surface area (Å²) in [5.41, 5.74) is 5.71. The molecular formula is C14H24N2O2. The van der Waals surface area contributed by atoms with Gasteiger partial charge in [0.05, 0.1) is 0 Å². The molecule has 102 valence electrons. The van der Waals surface area contributed by atoms with Crippen LogP contribution in [-0.4, -0.2) is 17.4 Å². The molecule has 4 nitrogen and oxygen atoms in total. The molecule has 0 saturated heterocycles. The standard InChI is InChI=1S/C14H24N2O2/c1-3-14(4-2,13(15)18)16-12(17)10-11-8-6-5-7-9-11/h8H,3-7,9-10H2,1-2H3,(H2,15,18)(H,16,17). The van der Waals surface area contributed by atoms with Gasteiger partial charge in [-0.15, -0.1) is 0 Å². The van der Waals surface area contributed by atoms with Gasteiger partial charge < -0.3 is 11.1 Å². The van der Waals surface area contributed by atoms with E-state index in [1.54, 1.807) is 0 Å². The molecule has 0 bridgehead atoms. The number of rotatable bonds is 6. The molecule has 0 aromatic heterocycles. The van der Waals surface area contributed by atoms with Gasteiger partial charge in [-0.3, -0.25) is 9.59 Å². The van der Waals surface area contributed by atoms with Gasteiger partial charge in [-0.1, -0.05) is 25.5 Å². The summed E-state index contributed by atoms with van der Waals surface area (Å²) in [5, 5.41) is 2.82. The zero-order valence-electron chi connectivity index (χ0n) is 11.4. The van der Waals surface area contributed by atoms with Crippen molar-refractivity contribution in [3.8, 4) is 0 Å². The molecule has 0 unspecified atom stereocenters. The number of allylic oxidation sites excluding steroid dienone is 1. The van der Waals surface area contributed by atoms with Gasteiger partial charge in [0.15, 0.2) is 0 Å². The van der Waals surface area contributed by atoms with Crippen molar-refractivity contribution in [3.63, 3.8) is 0 Å². The summed E-state index contributed by atoms with van der Waals surface area (Å²) < 4.78 is 0. The zero-order valence-corrected chi connectivity index (χ0v) is 11.4. The number of hydrogen-bond donors (Lipinski definition) is 2. The van der Waals surface area contributed by atoms with Crippen LogP contribution in [0.1, 0.15) is 58.8 Å². The van der Waals surface area contributed by atoms with E-state index in [0.29, 0.717) is 19.3 Å². The number of primary amides is 1. The summed E-state index contributed by atoms with van der Waals surface area (Å²) in [4.78, 5) is 23.5. The number of amides is 2. The number of hydrogen-bond acceptors (Lipinski definition) is 2. The highest BCUT2D eigenvalue weighted by atomic mass is 16.2. The molecule has 0 spiro atoms. The molecule has 18 heavy (non-hydrogen) atoms. The van der Waals surface area contributed by atoms with E-state index in [4.69, 9.17) is 5.73 Å². The van der Waals surface area contributed by atoms with Crippen LogP contribution < -0.4 is 11.1 Å². The Bertz CT molecular complexity index is 344. The Morgan fingerprint density at radius 3 is 2.44 bits per heavy atom. The molecule has 1 aliphatic rings. The second-order valence-electron chi connectivity index (χ2n) is 4.99. The van der Waals surface area contributed by atoms with Crippen LogP contribution in [0.25, 0.3) is 0 Å². The van der Waals surface area contributed by atoms with Crippen molar-refractivity contribution in [3.05, 3.63) is 11.6 Å². The molecule has 0 aromatic rings. The highest BCUT2D eigenvalue weighted by molar-refractivity contribution is 5.91. The normalized spacial score (nSPS) is 16.0. The first-order valence-electron chi connectivity index (χ1n) is 6.83. The molecule has 3 N–H and O–H groups in total. The topological polar surface area (TPSA) is 72.2 Å². The maximum atomic E-state index is 12.0. The molecular weight excluding hydrogens is 228 g/mol. The molecule has 0 aromatic carbocycles. The lowest BCUT2D eigenvalue weighted by molar-refractivity contribution is -0.131. The summed E-state index contributed by atoms with van der Waals surface area (Å²) in [5.74, 6) is -0.538. The van der Waals surface area contributed by atoms with Crippen molar-refractivity contribution in [1.82, 2.24) is 5.32 Å². The maximum absolute atomic E-state index is 12.0. The number of carbonyl (C=O) groups is 2. The lowest BCUT2D eigenvalue weighted by Crippen LogP contribution is -2.56. The van der Waals surface area contributed by atoms with Gasteiger partial charge in [-0.2, -0.15) is 0 Å². The molecule has 0 saturated carbocycles. The minimum Gasteiger partial charge on any atom is -0.368 e.